The Hall–Kier alpha value is -0.880. The van der Waals surface area contributed by atoms with Crippen LogP contribution in [0.2, 0.25) is 0 Å². The molecule has 2 rings (SSSR count). The number of halogens is 2. The number of ether oxygens (including phenoxy) is 3. The van der Waals surface area contributed by atoms with Gasteiger partial charge < -0.3 is 19.1 Å². The number of hydrogen-bond donors (Lipinski definition) is 0. The highest BCUT2D eigenvalue weighted by molar-refractivity contribution is 9.26. The lowest BCUT2D eigenvalue weighted by molar-refractivity contribution is -0.207. The lowest BCUT2D eigenvalue weighted by Gasteiger charge is -2.45. The number of hydrogen-bond acceptors (Lipinski definition) is 8. The fourth-order valence-electron chi connectivity index (χ4n) is 2.83. The summed E-state index contributed by atoms with van der Waals surface area (Å²) in [5.41, 5.74) is 0. The molecule has 0 N–H and O–H groups in total. The Labute approximate surface area is 161 Å². The minimum atomic E-state index is -3.91. The molecule has 0 aliphatic carbocycles. The molecule has 9 nitrogen and oxygen atoms in total. The molecule has 0 radical (unpaired) electrons. The minimum absolute atomic E-state index is 0.611. The van der Waals surface area contributed by atoms with Crippen molar-refractivity contribution in [3.05, 3.63) is 0 Å². The van der Waals surface area contributed by atoms with Crippen molar-refractivity contribution >= 4 is 59.7 Å². The van der Waals surface area contributed by atoms with E-state index in [0.29, 0.717) is 0 Å². The number of carbonyl (C=O) groups excluding carboxylic acids is 3. The Kier molecular flexibility index (Phi) is 4.75. The van der Waals surface area contributed by atoms with Gasteiger partial charge in [-0.05, 0) is 13.8 Å². The summed E-state index contributed by atoms with van der Waals surface area (Å²) in [6.45, 7) is 5.24. The monoisotopic (exact) mass is 505 g/mol. The van der Waals surface area contributed by atoms with Gasteiger partial charge in [-0.15, -0.1) is 0 Å². The normalized spacial score (nSPS) is 28.6. The quantitative estimate of drug-likeness (QED) is 0.243. The van der Waals surface area contributed by atoms with E-state index in [2.05, 4.69) is 36.6 Å². The fourth-order valence-corrected chi connectivity index (χ4v) is 7.26. The van der Waals surface area contributed by atoms with E-state index < -0.39 is 53.1 Å². The number of fused-ring (bicyclic) bond motifs is 1. The van der Waals surface area contributed by atoms with Crippen LogP contribution in [0.25, 0.3) is 0 Å². The summed E-state index contributed by atoms with van der Waals surface area (Å²) in [5, 5.41) is -1.26. The number of carbonyl (C=O) groups is 3. The van der Waals surface area contributed by atoms with Crippen molar-refractivity contribution in [3.63, 3.8) is 0 Å². The van der Waals surface area contributed by atoms with Crippen molar-refractivity contribution in [2.45, 2.75) is 52.9 Å². The average Bonchev–Trinajstić information content (AvgIpc) is 2.59. The van der Waals surface area contributed by atoms with Crippen LogP contribution in [-0.4, -0.2) is 63.6 Å². The SMILES string of the molecule is COC(=O)OC(C)(C)OC(=O)[C@@H]1N2C(=O)C(Br)(Br)[C@H]2S(=O)(=O)C1(C)C. The molecule has 2 aliphatic rings. The highest BCUT2D eigenvalue weighted by Crippen LogP contribution is 2.56. The summed E-state index contributed by atoms with van der Waals surface area (Å²) < 4.78 is 36.8. The third-order valence-electron chi connectivity index (χ3n) is 4.11. The van der Waals surface area contributed by atoms with Gasteiger partial charge in [0.25, 0.3) is 11.7 Å². The number of methoxy groups -OCH3 is 1. The van der Waals surface area contributed by atoms with Crippen LogP contribution in [0.5, 0.6) is 0 Å². The van der Waals surface area contributed by atoms with Crippen molar-refractivity contribution in [1.82, 2.24) is 4.90 Å². The molecule has 0 bridgehead atoms. The second-order valence-corrected chi connectivity index (χ2v) is 12.8. The number of nitrogens with zero attached hydrogens (tertiary/aromatic N) is 1. The Morgan fingerprint density at radius 1 is 1.20 bits per heavy atom. The maximum absolute atomic E-state index is 12.8. The molecule has 0 aromatic carbocycles. The van der Waals surface area contributed by atoms with E-state index in [1.807, 2.05) is 0 Å². The summed E-state index contributed by atoms with van der Waals surface area (Å²) in [5.74, 6) is -3.33. The maximum Gasteiger partial charge on any atom is 0.511 e. The van der Waals surface area contributed by atoms with Crippen LogP contribution >= 0.6 is 31.9 Å². The van der Waals surface area contributed by atoms with Gasteiger partial charge in [0.2, 0.25) is 0 Å². The molecule has 12 heteroatoms. The van der Waals surface area contributed by atoms with Crippen molar-refractivity contribution in [1.29, 1.82) is 0 Å². The molecule has 0 aromatic heterocycles. The van der Waals surface area contributed by atoms with E-state index in [4.69, 9.17) is 9.47 Å². The maximum atomic E-state index is 12.8. The molecule has 1 amide bonds. The van der Waals surface area contributed by atoms with Crippen LogP contribution in [0.4, 0.5) is 4.79 Å². The first-order valence-electron chi connectivity index (χ1n) is 7.05. The van der Waals surface area contributed by atoms with Gasteiger partial charge in [-0.25, -0.2) is 18.0 Å². The molecule has 0 unspecified atom stereocenters. The molecule has 2 fully saturated rings. The molecule has 25 heavy (non-hydrogen) atoms. The van der Waals surface area contributed by atoms with Crippen molar-refractivity contribution in [3.8, 4) is 0 Å². The molecule has 142 valence electrons. The van der Waals surface area contributed by atoms with Gasteiger partial charge in [0, 0.05) is 13.8 Å². The molecule has 2 aliphatic heterocycles. The van der Waals surface area contributed by atoms with Crippen LogP contribution in [0.15, 0.2) is 0 Å². The van der Waals surface area contributed by atoms with Crippen LogP contribution in [0, 0.1) is 0 Å². The number of esters is 1. The second-order valence-electron chi connectivity index (χ2n) is 6.62. The summed E-state index contributed by atoms with van der Waals surface area (Å²) in [4.78, 5) is 37.1. The van der Waals surface area contributed by atoms with Gasteiger partial charge in [-0.3, -0.25) is 4.79 Å². The predicted molar refractivity (Wildman–Crippen MR) is 91.7 cm³/mol. The van der Waals surface area contributed by atoms with Crippen LogP contribution in [0.3, 0.4) is 0 Å². The van der Waals surface area contributed by atoms with E-state index in [9.17, 15) is 22.8 Å². The summed E-state index contributed by atoms with van der Waals surface area (Å²) in [7, 11) is -2.82. The minimum Gasteiger partial charge on any atom is -0.438 e. The zero-order valence-electron chi connectivity index (χ0n) is 14.0. The van der Waals surface area contributed by atoms with Crippen molar-refractivity contribution in [2.75, 3.05) is 7.11 Å². The van der Waals surface area contributed by atoms with Crippen molar-refractivity contribution in [2.24, 2.45) is 0 Å². The van der Waals surface area contributed by atoms with Gasteiger partial charge in [-0.1, -0.05) is 31.9 Å². The van der Waals surface area contributed by atoms with Gasteiger partial charge in [0.15, 0.2) is 18.4 Å². The number of amides is 1. The van der Waals surface area contributed by atoms with Crippen molar-refractivity contribution < 1.29 is 37.0 Å². The predicted octanol–water partition coefficient (Wildman–Crippen LogP) is 1.28. The molecule has 2 heterocycles. The van der Waals surface area contributed by atoms with E-state index in [0.717, 1.165) is 12.0 Å². The van der Waals surface area contributed by atoms with Gasteiger partial charge in [0.1, 0.15) is 10.8 Å². The number of sulfone groups is 1. The topological polar surface area (TPSA) is 116 Å². The van der Waals surface area contributed by atoms with Gasteiger partial charge in [0.05, 0.1) is 7.11 Å². The molecule has 0 saturated carbocycles. The van der Waals surface area contributed by atoms with Gasteiger partial charge >= 0.3 is 12.1 Å². The number of β-lactam (4-membered cyclic amide) rings is 1. The summed E-state index contributed by atoms with van der Waals surface area (Å²) in [6.07, 6.45) is -1.08. The fraction of sp³-hybridized carbons (Fsp3) is 0.769. The zero-order valence-corrected chi connectivity index (χ0v) is 18.0. The summed E-state index contributed by atoms with van der Waals surface area (Å²) in [6, 6.07) is -1.39. The lowest BCUT2D eigenvalue weighted by Crippen LogP contribution is -2.69. The molecular formula is C13H17Br2NO8S. The lowest BCUT2D eigenvalue weighted by atomic mass is 9.98. The Balaban J connectivity index is 2.34. The highest BCUT2D eigenvalue weighted by Gasteiger charge is 2.77. The molecule has 2 atom stereocenters. The largest absolute Gasteiger partial charge is 0.511 e. The molecule has 0 aromatic rings. The summed E-state index contributed by atoms with van der Waals surface area (Å²) >= 11 is 6.10. The van der Waals surface area contributed by atoms with E-state index in [1.165, 1.54) is 27.7 Å². The van der Waals surface area contributed by atoms with E-state index >= 15 is 0 Å². The Morgan fingerprint density at radius 2 is 1.72 bits per heavy atom. The molecular weight excluding hydrogens is 490 g/mol. The number of rotatable bonds is 3. The van der Waals surface area contributed by atoms with Gasteiger partial charge in [-0.2, -0.15) is 0 Å². The van der Waals surface area contributed by atoms with E-state index in [1.54, 1.807) is 0 Å². The second kappa shape index (κ2) is 5.81. The highest BCUT2D eigenvalue weighted by atomic mass is 79.9. The molecule has 0 spiro atoms. The molecule has 2 saturated heterocycles. The van der Waals surface area contributed by atoms with Crippen LogP contribution in [-0.2, 0) is 33.6 Å². The zero-order chi connectivity index (χ0) is 19.6. The van der Waals surface area contributed by atoms with Crippen LogP contribution in [0.1, 0.15) is 27.7 Å². The first-order valence-corrected chi connectivity index (χ1v) is 10.2. The van der Waals surface area contributed by atoms with E-state index in [-0.39, 0.29) is 0 Å². The average molecular weight is 507 g/mol. The Morgan fingerprint density at radius 3 is 2.20 bits per heavy atom. The standard InChI is InChI=1S/C13H17Br2NO8S/c1-11(2)6(7(17)23-12(3,4)24-10(19)22-5)16-8(18)13(14,15)9(16)25(11,20)21/h6,9H,1-5H3/t6-,9+/m0/s1. The van der Waals surface area contributed by atoms with Crippen LogP contribution < -0.4 is 0 Å². The third kappa shape index (κ3) is 2.85. The smallest absolute Gasteiger partial charge is 0.438 e. The Bertz CT molecular complexity index is 745. The third-order valence-corrected chi connectivity index (χ3v) is 9.12. The first-order chi connectivity index (χ1) is 11.1. The first kappa shape index (κ1) is 20.4. The number of alkyl halides is 2.